The first-order valence-corrected chi connectivity index (χ1v) is 13.9. The van der Waals surface area contributed by atoms with Crippen LogP contribution in [-0.2, 0) is 4.74 Å². The Morgan fingerprint density at radius 3 is 2.64 bits per heavy atom. The van der Waals surface area contributed by atoms with Gasteiger partial charge in [0.05, 0.1) is 13.2 Å². The molecule has 0 bridgehead atoms. The van der Waals surface area contributed by atoms with Crippen molar-refractivity contribution in [1.82, 2.24) is 9.80 Å². The molecule has 2 atom stereocenters. The topological polar surface area (TPSA) is 80.7 Å². The fraction of sp³-hybridized carbons (Fsp3) is 0.516. The summed E-state index contributed by atoms with van der Waals surface area (Å²) in [7, 11) is 1.56. The van der Waals surface area contributed by atoms with Crippen molar-refractivity contribution >= 4 is 12.0 Å². The summed E-state index contributed by atoms with van der Waals surface area (Å²) in [6.07, 6.45) is 4.24. The quantitative estimate of drug-likeness (QED) is 0.537. The molecule has 3 aliphatic rings. The minimum absolute atomic E-state index is 0.0615. The molecule has 0 aliphatic carbocycles. The zero-order valence-corrected chi connectivity index (χ0v) is 23.4. The SMILES string of the molecule is COc1cc(C(=O)N(C/C(C)=C/c2ccccc2)CC2CC(O)CN2C2CCOCC2)cc2c1OC(C)(C)O2. The number of aliphatic hydroxyl groups excluding tert-OH is 1. The Morgan fingerprint density at radius 1 is 1.18 bits per heavy atom. The number of carbonyl (C=O) groups is 1. The Bertz CT molecular complexity index is 1190. The summed E-state index contributed by atoms with van der Waals surface area (Å²) in [5, 5.41) is 10.6. The lowest BCUT2D eigenvalue weighted by molar-refractivity contribution is -0.0439. The number of carbonyl (C=O) groups excluding carboxylic acids is 1. The van der Waals surface area contributed by atoms with Gasteiger partial charge >= 0.3 is 0 Å². The molecule has 39 heavy (non-hydrogen) atoms. The number of likely N-dealkylation sites (tertiary alicyclic amines) is 1. The Kier molecular flexibility index (Phi) is 8.16. The summed E-state index contributed by atoms with van der Waals surface area (Å²) in [5.41, 5.74) is 2.64. The van der Waals surface area contributed by atoms with E-state index in [9.17, 15) is 9.90 Å². The molecule has 2 aromatic rings. The van der Waals surface area contributed by atoms with Crippen molar-refractivity contribution in [2.24, 2.45) is 0 Å². The van der Waals surface area contributed by atoms with Crippen molar-refractivity contribution in [1.29, 1.82) is 0 Å². The van der Waals surface area contributed by atoms with E-state index in [0.29, 0.717) is 54.9 Å². The molecule has 2 saturated heterocycles. The predicted octanol–water partition coefficient (Wildman–Crippen LogP) is 4.36. The molecular weight excluding hydrogens is 496 g/mol. The molecule has 8 nitrogen and oxygen atoms in total. The number of aliphatic hydroxyl groups is 1. The Labute approximate surface area is 231 Å². The summed E-state index contributed by atoms with van der Waals surface area (Å²) in [5.74, 6) is 0.530. The molecule has 1 N–H and O–H groups in total. The van der Waals surface area contributed by atoms with Crippen LogP contribution in [0.2, 0.25) is 0 Å². The molecule has 0 radical (unpaired) electrons. The van der Waals surface area contributed by atoms with Gasteiger partial charge < -0.3 is 29.0 Å². The highest BCUT2D eigenvalue weighted by Gasteiger charge is 2.39. The molecule has 2 unspecified atom stereocenters. The van der Waals surface area contributed by atoms with Gasteiger partial charge in [-0.3, -0.25) is 9.69 Å². The monoisotopic (exact) mass is 536 g/mol. The molecule has 3 heterocycles. The van der Waals surface area contributed by atoms with E-state index in [0.717, 1.165) is 37.2 Å². The first-order chi connectivity index (χ1) is 18.7. The lowest BCUT2D eigenvalue weighted by atomic mass is 10.0. The van der Waals surface area contributed by atoms with Crippen LogP contribution < -0.4 is 14.2 Å². The van der Waals surface area contributed by atoms with Crippen LogP contribution in [0.4, 0.5) is 0 Å². The summed E-state index contributed by atoms with van der Waals surface area (Å²) in [4.78, 5) is 18.5. The van der Waals surface area contributed by atoms with Gasteiger partial charge in [-0.15, -0.1) is 0 Å². The van der Waals surface area contributed by atoms with Crippen LogP contribution in [0, 0.1) is 0 Å². The molecule has 1 amide bonds. The van der Waals surface area contributed by atoms with Crippen molar-refractivity contribution in [2.45, 2.75) is 64.0 Å². The Balaban J connectivity index is 1.44. The van der Waals surface area contributed by atoms with E-state index in [2.05, 4.69) is 30.0 Å². The second-order valence-corrected chi connectivity index (χ2v) is 11.3. The lowest BCUT2D eigenvalue weighted by Gasteiger charge is -2.37. The van der Waals surface area contributed by atoms with Crippen LogP contribution >= 0.6 is 0 Å². The summed E-state index contributed by atoms with van der Waals surface area (Å²) in [6, 6.07) is 14.0. The van der Waals surface area contributed by atoms with E-state index < -0.39 is 11.9 Å². The van der Waals surface area contributed by atoms with Gasteiger partial charge in [0.25, 0.3) is 5.91 Å². The van der Waals surface area contributed by atoms with Crippen molar-refractivity contribution in [3.8, 4) is 17.2 Å². The van der Waals surface area contributed by atoms with E-state index in [-0.39, 0.29) is 11.9 Å². The van der Waals surface area contributed by atoms with Crippen molar-refractivity contribution in [3.05, 3.63) is 59.2 Å². The largest absolute Gasteiger partial charge is 0.493 e. The number of ether oxygens (including phenoxy) is 4. The van der Waals surface area contributed by atoms with Crippen molar-refractivity contribution in [2.75, 3.05) is 40.0 Å². The smallest absolute Gasteiger partial charge is 0.254 e. The fourth-order valence-corrected chi connectivity index (χ4v) is 5.96. The van der Waals surface area contributed by atoms with Gasteiger partial charge in [0.1, 0.15) is 0 Å². The van der Waals surface area contributed by atoms with Gasteiger partial charge in [-0.2, -0.15) is 0 Å². The van der Waals surface area contributed by atoms with Crippen LogP contribution in [0.15, 0.2) is 48.0 Å². The molecular formula is C31H40N2O6. The van der Waals surface area contributed by atoms with Crippen LogP contribution in [0.5, 0.6) is 17.2 Å². The third-order valence-corrected chi connectivity index (χ3v) is 7.66. The zero-order chi connectivity index (χ0) is 27.6. The Hall–Kier alpha value is -3.07. The number of fused-ring (bicyclic) bond motifs is 1. The standard InChI is InChI=1S/C31H40N2O6/c1-21(14-22-8-6-5-7-9-22)18-32(19-25-17-26(34)20-33(25)24-10-12-37-13-11-24)30(35)23-15-27(36-4)29-28(16-23)38-31(2,3)39-29/h5-9,14-16,24-26,34H,10-13,17-20H2,1-4H3/b21-14+. The maximum atomic E-state index is 14.2. The first-order valence-electron chi connectivity index (χ1n) is 13.9. The number of amides is 1. The summed E-state index contributed by atoms with van der Waals surface area (Å²) < 4.78 is 23.1. The molecule has 210 valence electrons. The second kappa shape index (κ2) is 11.6. The molecule has 0 saturated carbocycles. The van der Waals surface area contributed by atoms with Gasteiger partial charge in [-0.05, 0) is 43.9 Å². The highest BCUT2D eigenvalue weighted by molar-refractivity contribution is 5.96. The number of nitrogens with zero attached hydrogens (tertiary/aromatic N) is 2. The minimum Gasteiger partial charge on any atom is -0.493 e. The second-order valence-electron chi connectivity index (χ2n) is 11.3. The zero-order valence-electron chi connectivity index (χ0n) is 23.4. The summed E-state index contributed by atoms with van der Waals surface area (Å²) >= 11 is 0. The van der Waals surface area contributed by atoms with Crippen LogP contribution in [0.1, 0.15) is 56.0 Å². The highest BCUT2D eigenvalue weighted by atomic mass is 16.7. The molecule has 5 rings (SSSR count). The van der Waals surface area contributed by atoms with Gasteiger partial charge in [-0.1, -0.05) is 42.0 Å². The van der Waals surface area contributed by atoms with E-state index >= 15 is 0 Å². The van der Waals surface area contributed by atoms with Gasteiger partial charge in [0.2, 0.25) is 11.5 Å². The number of rotatable bonds is 8. The average Bonchev–Trinajstić information content (AvgIpc) is 3.45. The van der Waals surface area contributed by atoms with Crippen LogP contribution in [0.3, 0.4) is 0 Å². The third-order valence-electron chi connectivity index (χ3n) is 7.66. The molecule has 0 spiro atoms. The normalized spacial score (nSPS) is 23.2. The maximum absolute atomic E-state index is 14.2. The van der Waals surface area contributed by atoms with Crippen molar-refractivity contribution < 1.29 is 28.8 Å². The number of hydrogen-bond donors (Lipinski definition) is 1. The number of methoxy groups -OCH3 is 1. The predicted molar refractivity (Wildman–Crippen MR) is 149 cm³/mol. The first kappa shape index (κ1) is 27.5. The van der Waals surface area contributed by atoms with Gasteiger partial charge in [0, 0.05) is 64.3 Å². The van der Waals surface area contributed by atoms with Crippen LogP contribution in [0.25, 0.3) is 6.08 Å². The molecule has 2 fully saturated rings. The third kappa shape index (κ3) is 6.40. The molecule has 3 aliphatic heterocycles. The molecule has 8 heteroatoms. The number of β-amino-alcohol motifs (C(OH)–C–C–N with tert-alkyl or cyclic N) is 1. The lowest BCUT2D eigenvalue weighted by Crippen LogP contribution is -2.48. The van der Waals surface area contributed by atoms with Crippen LogP contribution in [-0.4, -0.2) is 84.7 Å². The number of benzene rings is 2. The van der Waals surface area contributed by atoms with E-state index in [1.165, 1.54) is 0 Å². The average molecular weight is 537 g/mol. The fourth-order valence-electron chi connectivity index (χ4n) is 5.96. The van der Waals surface area contributed by atoms with Gasteiger partial charge in [-0.25, -0.2) is 0 Å². The minimum atomic E-state index is -0.837. The van der Waals surface area contributed by atoms with E-state index in [1.54, 1.807) is 19.2 Å². The molecule has 2 aromatic carbocycles. The van der Waals surface area contributed by atoms with E-state index in [1.807, 2.05) is 36.9 Å². The maximum Gasteiger partial charge on any atom is 0.254 e. The van der Waals surface area contributed by atoms with Crippen molar-refractivity contribution in [3.63, 3.8) is 0 Å². The number of hydrogen-bond acceptors (Lipinski definition) is 7. The Morgan fingerprint density at radius 2 is 1.92 bits per heavy atom. The summed E-state index contributed by atoms with van der Waals surface area (Å²) in [6.45, 7) is 8.78. The highest BCUT2D eigenvalue weighted by Crippen LogP contribution is 2.47. The van der Waals surface area contributed by atoms with Gasteiger partial charge in [0.15, 0.2) is 11.5 Å². The van der Waals surface area contributed by atoms with E-state index in [4.69, 9.17) is 18.9 Å². The molecule has 0 aromatic heterocycles.